The second-order valence-electron chi connectivity index (χ2n) is 22.7. The maximum absolute atomic E-state index is 13.2. The highest BCUT2D eigenvalue weighted by Crippen LogP contribution is 2.26. The van der Waals surface area contributed by atoms with Crippen LogP contribution >= 0.6 is 0 Å². The van der Waals surface area contributed by atoms with E-state index in [-0.39, 0.29) is 25.9 Å². The van der Waals surface area contributed by atoms with Crippen LogP contribution in [-0.2, 0) is 42.9 Å². The third-order valence-electron chi connectivity index (χ3n) is 15.1. The quantitative estimate of drug-likeness (QED) is 0.0228. The highest BCUT2D eigenvalue weighted by molar-refractivity contribution is 5.74. The zero-order valence-corrected chi connectivity index (χ0v) is 51.8. The molecule has 1 rings (SSSR count). The van der Waals surface area contributed by atoms with Gasteiger partial charge in [0.2, 0.25) is 0 Å². The molecule has 468 valence electrons. The van der Waals surface area contributed by atoms with Gasteiger partial charge < -0.3 is 39.0 Å². The second kappa shape index (κ2) is 56.9. The van der Waals surface area contributed by atoms with E-state index in [0.29, 0.717) is 25.7 Å². The Morgan fingerprint density at radius 3 is 1.23 bits per heavy atom. The molecular weight excluding hydrogens is 1020 g/mol. The fourth-order valence-corrected chi connectivity index (χ4v) is 10.0. The Hall–Kier alpha value is -3.58. The van der Waals surface area contributed by atoms with Crippen LogP contribution in [0.4, 0.5) is 0 Å². The molecule has 12 nitrogen and oxygen atoms in total. The van der Waals surface area contributed by atoms with Crippen molar-refractivity contribution in [1.29, 1.82) is 0 Å². The maximum atomic E-state index is 13.2. The van der Waals surface area contributed by atoms with Crippen LogP contribution in [0.2, 0.25) is 0 Å². The number of hydrogen-bond donors (Lipinski definition) is 3. The van der Waals surface area contributed by atoms with E-state index in [1.807, 2.05) is 18.2 Å². The van der Waals surface area contributed by atoms with Crippen LogP contribution in [0.25, 0.3) is 0 Å². The predicted molar refractivity (Wildman–Crippen MR) is 331 cm³/mol. The SMILES string of the molecule is CC/C=C\C/C=C\C/C=C\C/C=C\CCC(=O)OC1C(OCC(COC(=O)CCCCCCCCCCC/C=C\CCCCCCCC)OC(=O)CCCCCCCCCCCCCCCCCCCCC)OC(C(=O)O)C(O)C1O. The molecule has 3 N–H and O–H groups in total. The van der Waals surface area contributed by atoms with Crippen LogP contribution in [0, 0.1) is 0 Å². The number of esters is 3. The molecule has 1 aliphatic rings. The lowest BCUT2D eigenvalue weighted by atomic mass is 9.98. The first kappa shape index (κ1) is 75.4. The smallest absolute Gasteiger partial charge is 0.335 e. The number of aliphatic hydroxyl groups excluding tert-OH is 2. The zero-order chi connectivity index (χ0) is 58.9. The number of allylic oxidation sites excluding steroid dienone is 10. The first-order valence-electron chi connectivity index (χ1n) is 33.3. The molecule has 81 heavy (non-hydrogen) atoms. The number of carboxylic acids is 1. The summed E-state index contributed by atoms with van der Waals surface area (Å²) in [6.45, 7) is 5.89. The Bertz CT molecular complexity index is 1640. The normalized spacial score (nSPS) is 18.1. The number of aliphatic carboxylic acids is 1. The van der Waals surface area contributed by atoms with Gasteiger partial charge in [0.1, 0.15) is 18.8 Å². The van der Waals surface area contributed by atoms with E-state index < -0.39 is 67.3 Å². The standard InChI is InChI=1S/C69H120O12/c1-4-7-10-13-16-19-22-25-27-29-31-33-35-38-40-43-46-49-52-55-61(70)77-58-60(79-62(71)56-53-50-47-44-42-39-36-34-32-30-28-26-23-20-17-14-11-8-5-2)59-78-69-67(65(74)64(73)66(81-69)68(75)76)80-63(72)57-54-51-48-45-41-37-24-21-18-15-12-9-6-3/h9,12,18,21,25,27,37,41,48,51,60,64-67,69,73-74H,4-8,10-11,13-17,19-20,22-24,26,28-36,38-40,42-47,49-50,52-59H2,1-3H3,(H,75,76)/b12-9-,21-18-,27-25-,41-37-,51-48-. The molecule has 12 heteroatoms. The third-order valence-corrected chi connectivity index (χ3v) is 15.1. The summed E-state index contributed by atoms with van der Waals surface area (Å²) in [5, 5.41) is 31.5. The number of aliphatic hydroxyl groups is 2. The first-order valence-corrected chi connectivity index (χ1v) is 33.3. The number of rotatable bonds is 57. The van der Waals surface area contributed by atoms with Gasteiger partial charge in [-0.25, -0.2) is 4.79 Å². The summed E-state index contributed by atoms with van der Waals surface area (Å²) >= 11 is 0. The highest BCUT2D eigenvalue weighted by atomic mass is 16.7. The maximum Gasteiger partial charge on any atom is 0.335 e. The number of hydrogen-bond acceptors (Lipinski definition) is 11. The Labute approximate surface area is 494 Å². The Kier molecular flexibility index (Phi) is 53.0. The summed E-state index contributed by atoms with van der Waals surface area (Å²) < 4.78 is 28.5. The number of carbonyl (C=O) groups excluding carboxylic acids is 3. The van der Waals surface area contributed by atoms with Crippen molar-refractivity contribution in [1.82, 2.24) is 0 Å². The lowest BCUT2D eigenvalue weighted by Crippen LogP contribution is -2.61. The predicted octanol–water partition coefficient (Wildman–Crippen LogP) is 17.9. The van der Waals surface area contributed by atoms with Crippen molar-refractivity contribution in [2.75, 3.05) is 13.2 Å². The Balaban J connectivity index is 2.65. The van der Waals surface area contributed by atoms with Crippen molar-refractivity contribution >= 4 is 23.9 Å². The van der Waals surface area contributed by atoms with Gasteiger partial charge >= 0.3 is 23.9 Å². The molecule has 0 amide bonds. The molecule has 1 aliphatic heterocycles. The molecule has 0 radical (unpaired) electrons. The van der Waals surface area contributed by atoms with Crippen molar-refractivity contribution in [2.24, 2.45) is 0 Å². The average Bonchev–Trinajstić information content (AvgIpc) is 3.54. The molecule has 1 fully saturated rings. The number of unbranched alkanes of at least 4 members (excludes halogenated alkanes) is 33. The molecule has 1 heterocycles. The molecule has 6 unspecified atom stereocenters. The van der Waals surface area contributed by atoms with Gasteiger partial charge in [0.05, 0.1) is 6.61 Å². The molecule has 1 saturated heterocycles. The number of carbonyl (C=O) groups is 4. The van der Waals surface area contributed by atoms with Gasteiger partial charge in [0, 0.05) is 19.3 Å². The lowest BCUT2D eigenvalue weighted by molar-refractivity contribution is -0.301. The Morgan fingerprint density at radius 2 is 0.802 bits per heavy atom. The van der Waals surface area contributed by atoms with Crippen molar-refractivity contribution in [3.63, 3.8) is 0 Å². The van der Waals surface area contributed by atoms with Crippen LogP contribution < -0.4 is 0 Å². The molecule has 0 aromatic heterocycles. The van der Waals surface area contributed by atoms with Gasteiger partial charge in [0.25, 0.3) is 0 Å². The first-order chi connectivity index (χ1) is 39.6. The van der Waals surface area contributed by atoms with Crippen LogP contribution in [0.15, 0.2) is 60.8 Å². The molecule has 0 aromatic rings. The van der Waals surface area contributed by atoms with Crippen molar-refractivity contribution in [3.05, 3.63) is 60.8 Å². The van der Waals surface area contributed by atoms with Gasteiger partial charge in [-0.1, -0.05) is 274 Å². The second-order valence-corrected chi connectivity index (χ2v) is 22.7. The van der Waals surface area contributed by atoms with E-state index in [9.17, 15) is 34.5 Å². The van der Waals surface area contributed by atoms with Crippen LogP contribution in [0.5, 0.6) is 0 Å². The molecule has 0 aliphatic carbocycles. The minimum atomic E-state index is -1.93. The van der Waals surface area contributed by atoms with Crippen LogP contribution in [-0.4, -0.2) is 89.2 Å². The summed E-state index contributed by atoms with van der Waals surface area (Å²) in [6, 6.07) is 0. The summed E-state index contributed by atoms with van der Waals surface area (Å²) in [7, 11) is 0. The van der Waals surface area contributed by atoms with Crippen molar-refractivity contribution < 1.29 is 58.2 Å². The molecule has 0 bridgehead atoms. The highest BCUT2D eigenvalue weighted by Gasteiger charge is 2.50. The molecule has 0 aromatic carbocycles. The minimum absolute atomic E-state index is 0.0596. The monoisotopic (exact) mass is 1140 g/mol. The fourth-order valence-electron chi connectivity index (χ4n) is 10.0. The molecule has 0 spiro atoms. The fraction of sp³-hybridized carbons (Fsp3) is 0.797. The van der Waals surface area contributed by atoms with Gasteiger partial charge in [-0.3, -0.25) is 14.4 Å². The average molecular weight is 1140 g/mol. The lowest BCUT2D eigenvalue weighted by Gasteiger charge is -2.40. The molecule has 6 atom stereocenters. The van der Waals surface area contributed by atoms with Gasteiger partial charge in [-0.05, 0) is 70.6 Å². The number of carboxylic acid groups (broad SMARTS) is 1. The van der Waals surface area contributed by atoms with E-state index in [1.165, 1.54) is 180 Å². The zero-order valence-electron chi connectivity index (χ0n) is 51.8. The van der Waals surface area contributed by atoms with E-state index in [4.69, 9.17) is 23.7 Å². The largest absolute Gasteiger partial charge is 0.479 e. The molecular formula is C69H120O12. The number of ether oxygens (including phenoxy) is 5. The molecule has 0 saturated carbocycles. The van der Waals surface area contributed by atoms with E-state index in [2.05, 4.69) is 63.3 Å². The third kappa shape index (κ3) is 46.5. The van der Waals surface area contributed by atoms with Gasteiger partial charge in [-0.15, -0.1) is 0 Å². The van der Waals surface area contributed by atoms with Gasteiger partial charge in [-0.2, -0.15) is 0 Å². The van der Waals surface area contributed by atoms with Crippen molar-refractivity contribution in [2.45, 2.75) is 340 Å². The summed E-state index contributed by atoms with van der Waals surface area (Å²) in [4.78, 5) is 51.3. The van der Waals surface area contributed by atoms with E-state index >= 15 is 0 Å². The van der Waals surface area contributed by atoms with E-state index in [1.54, 1.807) is 0 Å². The minimum Gasteiger partial charge on any atom is -0.479 e. The van der Waals surface area contributed by atoms with Crippen molar-refractivity contribution in [3.8, 4) is 0 Å². The van der Waals surface area contributed by atoms with E-state index in [0.717, 1.165) is 57.8 Å². The summed E-state index contributed by atoms with van der Waals surface area (Å²) in [5.74, 6) is -3.20. The van der Waals surface area contributed by atoms with Gasteiger partial charge in [0.15, 0.2) is 24.6 Å². The summed E-state index contributed by atoms with van der Waals surface area (Å²) in [5.41, 5.74) is 0. The summed E-state index contributed by atoms with van der Waals surface area (Å²) in [6.07, 6.45) is 59.2. The van der Waals surface area contributed by atoms with Crippen LogP contribution in [0.1, 0.15) is 303 Å². The Morgan fingerprint density at radius 1 is 0.420 bits per heavy atom. The van der Waals surface area contributed by atoms with Crippen LogP contribution in [0.3, 0.4) is 0 Å². The topological polar surface area (TPSA) is 175 Å².